The number of benzene rings is 2. The Morgan fingerprint density at radius 2 is 1.83 bits per heavy atom. The smallest absolute Gasteiger partial charge is 0.229 e. The fraction of sp³-hybridized carbons (Fsp3) is 0.364. The van der Waals surface area contributed by atoms with Gasteiger partial charge in [0.05, 0.1) is 17.4 Å². The molecule has 0 unspecified atom stereocenters. The summed E-state index contributed by atoms with van der Waals surface area (Å²) in [4.78, 5) is 26.5. The van der Waals surface area contributed by atoms with Crippen LogP contribution in [-0.2, 0) is 26.0 Å². The van der Waals surface area contributed by atoms with Gasteiger partial charge >= 0.3 is 0 Å². The molecule has 0 saturated carbocycles. The second-order valence-electron chi connectivity index (χ2n) is 7.79. The molecule has 1 N–H and O–H groups in total. The zero-order valence-corrected chi connectivity index (χ0v) is 17.3. The molecule has 0 bridgehead atoms. The van der Waals surface area contributed by atoms with Crippen LogP contribution in [0.3, 0.4) is 0 Å². The van der Waals surface area contributed by atoms with E-state index in [4.69, 9.17) is 4.74 Å². The first-order valence-electron chi connectivity index (χ1n) is 9.97. The Labute approximate surface area is 175 Å². The van der Waals surface area contributed by atoms with Gasteiger partial charge in [-0.25, -0.2) is 8.42 Å². The molecule has 2 saturated heterocycles. The van der Waals surface area contributed by atoms with Gasteiger partial charge in [0.25, 0.3) is 0 Å². The molecule has 30 heavy (non-hydrogen) atoms. The first kappa shape index (κ1) is 20.4. The van der Waals surface area contributed by atoms with Crippen molar-refractivity contribution in [2.75, 3.05) is 23.4 Å². The van der Waals surface area contributed by atoms with Crippen molar-refractivity contribution >= 4 is 27.3 Å². The van der Waals surface area contributed by atoms with Crippen molar-refractivity contribution in [3.63, 3.8) is 0 Å². The van der Waals surface area contributed by atoms with E-state index in [1.807, 2.05) is 30.3 Å². The zero-order valence-electron chi connectivity index (χ0n) is 16.5. The predicted molar refractivity (Wildman–Crippen MR) is 113 cm³/mol. The lowest BCUT2D eigenvalue weighted by Crippen LogP contribution is -2.38. The molecule has 0 spiro atoms. The van der Waals surface area contributed by atoms with Gasteiger partial charge in [0, 0.05) is 24.7 Å². The molecule has 2 heterocycles. The number of anilines is 1. The summed E-state index contributed by atoms with van der Waals surface area (Å²) >= 11 is 0. The number of hydrogen-bond donors (Lipinski definition) is 1. The number of hydrogen-bond acceptors (Lipinski definition) is 5. The number of sulfone groups is 1. The second-order valence-corrected chi connectivity index (χ2v) is 10.0. The quantitative estimate of drug-likeness (QED) is 0.762. The Kier molecular flexibility index (Phi) is 5.76. The van der Waals surface area contributed by atoms with E-state index in [1.165, 1.54) is 0 Å². The maximum Gasteiger partial charge on any atom is 0.229 e. The third-order valence-corrected chi connectivity index (χ3v) is 7.30. The number of nitrogens with one attached hydrogen (secondary N) is 1. The molecule has 0 aromatic heterocycles. The first-order valence-corrected chi connectivity index (χ1v) is 11.8. The molecule has 2 amide bonds. The van der Waals surface area contributed by atoms with Crippen molar-refractivity contribution < 1.29 is 22.7 Å². The van der Waals surface area contributed by atoms with Gasteiger partial charge in [0.2, 0.25) is 11.8 Å². The zero-order chi connectivity index (χ0) is 21.1. The Balaban J connectivity index is 1.30. The van der Waals surface area contributed by atoms with Crippen LogP contribution in [0.15, 0.2) is 54.6 Å². The molecule has 2 fully saturated rings. The lowest BCUT2D eigenvalue weighted by Gasteiger charge is -2.22. The van der Waals surface area contributed by atoms with Crippen LogP contribution >= 0.6 is 0 Å². The molecule has 8 heteroatoms. The molecule has 0 radical (unpaired) electrons. The summed E-state index contributed by atoms with van der Waals surface area (Å²) in [5.74, 6) is -0.0583. The van der Waals surface area contributed by atoms with Crippen LogP contribution in [0, 0.1) is 5.92 Å². The number of nitrogens with zero attached hydrogens (tertiary/aromatic N) is 1. The van der Waals surface area contributed by atoms with Gasteiger partial charge in [-0.1, -0.05) is 30.3 Å². The molecule has 7 nitrogen and oxygen atoms in total. The minimum Gasteiger partial charge on any atom is -0.489 e. The fourth-order valence-electron chi connectivity index (χ4n) is 3.90. The highest BCUT2D eigenvalue weighted by molar-refractivity contribution is 7.91. The van der Waals surface area contributed by atoms with Gasteiger partial charge in [-0.3, -0.25) is 9.59 Å². The van der Waals surface area contributed by atoms with Gasteiger partial charge < -0.3 is 15.0 Å². The summed E-state index contributed by atoms with van der Waals surface area (Å²) in [6.07, 6.45) is 0.563. The van der Waals surface area contributed by atoms with E-state index in [9.17, 15) is 18.0 Å². The summed E-state index contributed by atoms with van der Waals surface area (Å²) in [7, 11) is -3.08. The van der Waals surface area contributed by atoms with Crippen LogP contribution in [-0.4, -0.2) is 49.2 Å². The van der Waals surface area contributed by atoms with E-state index < -0.39 is 15.8 Å². The highest BCUT2D eigenvalue weighted by atomic mass is 32.2. The van der Waals surface area contributed by atoms with E-state index in [2.05, 4.69) is 5.32 Å². The van der Waals surface area contributed by atoms with Crippen LogP contribution in [0.25, 0.3) is 0 Å². The number of carbonyl (C=O) groups is 2. The normalized spacial score (nSPS) is 22.8. The van der Waals surface area contributed by atoms with E-state index >= 15 is 0 Å². The van der Waals surface area contributed by atoms with Crippen molar-refractivity contribution in [1.82, 2.24) is 4.90 Å². The minimum absolute atomic E-state index is 0.00246. The fourth-order valence-corrected chi connectivity index (χ4v) is 5.63. The van der Waals surface area contributed by atoms with Crippen LogP contribution in [0.5, 0.6) is 5.75 Å². The maximum absolute atomic E-state index is 12.6. The third-order valence-electron chi connectivity index (χ3n) is 5.55. The van der Waals surface area contributed by atoms with Crippen molar-refractivity contribution in [2.45, 2.75) is 25.5 Å². The van der Waals surface area contributed by atoms with Crippen LogP contribution in [0.4, 0.5) is 5.69 Å². The summed E-state index contributed by atoms with van der Waals surface area (Å²) < 4.78 is 29.1. The van der Waals surface area contributed by atoms with Crippen LogP contribution < -0.4 is 10.1 Å². The molecular formula is C22H24N2O5S. The standard InChI is InChI=1S/C22H24N2O5S/c25-21-12-17(13-24(21)19-10-11-30(27,28)15-19)22(26)23-18-6-8-20(9-7-18)29-14-16-4-2-1-3-5-16/h1-9,17,19H,10-15H2,(H,23,26)/t17-,19+/m1/s1. The highest BCUT2D eigenvalue weighted by Gasteiger charge is 2.41. The molecule has 2 aliphatic rings. The van der Waals surface area contributed by atoms with Crippen molar-refractivity contribution in [2.24, 2.45) is 5.92 Å². The Bertz CT molecular complexity index is 1020. The van der Waals surface area contributed by atoms with E-state index in [0.717, 1.165) is 5.56 Å². The number of rotatable bonds is 6. The Morgan fingerprint density at radius 1 is 1.10 bits per heavy atom. The number of amides is 2. The van der Waals surface area contributed by atoms with E-state index in [1.54, 1.807) is 29.2 Å². The van der Waals surface area contributed by atoms with Gasteiger partial charge in [-0.15, -0.1) is 0 Å². The summed E-state index contributed by atoms with van der Waals surface area (Å²) in [6, 6.07) is 16.6. The molecule has 2 atom stereocenters. The minimum atomic E-state index is -3.08. The van der Waals surface area contributed by atoms with E-state index in [-0.39, 0.29) is 42.3 Å². The van der Waals surface area contributed by atoms with Gasteiger partial charge in [0.1, 0.15) is 12.4 Å². The number of carbonyl (C=O) groups excluding carboxylic acids is 2. The molecule has 2 aromatic rings. The third kappa shape index (κ3) is 4.81. The topological polar surface area (TPSA) is 92.8 Å². The lowest BCUT2D eigenvalue weighted by molar-refractivity contribution is -0.129. The molecule has 2 aromatic carbocycles. The summed E-state index contributed by atoms with van der Waals surface area (Å²) in [5.41, 5.74) is 1.70. The number of likely N-dealkylation sites (tertiary alicyclic amines) is 1. The number of ether oxygens (including phenoxy) is 1. The van der Waals surface area contributed by atoms with E-state index in [0.29, 0.717) is 24.5 Å². The van der Waals surface area contributed by atoms with Gasteiger partial charge in [-0.2, -0.15) is 0 Å². The average molecular weight is 429 g/mol. The lowest BCUT2D eigenvalue weighted by atomic mass is 10.1. The van der Waals surface area contributed by atoms with Crippen molar-refractivity contribution in [3.8, 4) is 5.75 Å². The van der Waals surface area contributed by atoms with Crippen molar-refractivity contribution in [3.05, 3.63) is 60.2 Å². The van der Waals surface area contributed by atoms with Crippen LogP contribution in [0.1, 0.15) is 18.4 Å². The highest BCUT2D eigenvalue weighted by Crippen LogP contribution is 2.27. The Hall–Kier alpha value is -2.87. The summed E-state index contributed by atoms with van der Waals surface area (Å²) in [5, 5.41) is 2.84. The largest absolute Gasteiger partial charge is 0.489 e. The maximum atomic E-state index is 12.6. The molecule has 158 valence electrons. The molecule has 4 rings (SSSR count). The monoisotopic (exact) mass is 428 g/mol. The van der Waals surface area contributed by atoms with Crippen molar-refractivity contribution in [1.29, 1.82) is 0 Å². The van der Waals surface area contributed by atoms with Gasteiger partial charge in [-0.05, 0) is 36.2 Å². The van der Waals surface area contributed by atoms with Crippen LogP contribution in [0.2, 0.25) is 0 Å². The molecule has 0 aliphatic carbocycles. The Morgan fingerprint density at radius 3 is 2.50 bits per heavy atom. The summed E-state index contributed by atoms with van der Waals surface area (Å²) in [6.45, 7) is 0.729. The molecule has 2 aliphatic heterocycles. The predicted octanol–water partition coefficient (Wildman–Crippen LogP) is 2.24. The molecular weight excluding hydrogens is 404 g/mol. The first-order chi connectivity index (χ1) is 14.4. The average Bonchev–Trinajstić information content (AvgIpc) is 3.30. The van der Waals surface area contributed by atoms with Gasteiger partial charge in [0.15, 0.2) is 9.84 Å². The second kappa shape index (κ2) is 8.47. The SMILES string of the molecule is O=C(Nc1ccc(OCc2ccccc2)cc1)[C@@H]1CC(=O)N([C@H]2CCS(=O)(=O)C2)C1.